The van der Waals surface area contributed by atoms with Crippen molar-refractivity contribution in [3.8, 4) is 11.8 Å². The summed E-state index contributed by atoms with van der Waals surface area (Å²) >= 11 is 11.9. The molecular formula is C21H19Cl2NO. The van der Waals surface area contributed by atoms with Crippen LogP contribution >= 0.6 is 23.2 Å². The normalized spacial score (nSPS) is 15.3. The highest BCUT2D eigenvalue weighted by atomic mass is 35.5. The van der Waals surface area contributed by atoms with E-state index in [4.69, 9.17) is 23.2 Å². The smallest absolute Gasteiger partial charge is 0.231 e. The zero-order chi connectivity index (χ0) is 17.7. The third kappa shape index (κ3) is 4.18. The topological polar surface area (TPSA) is 29.1 Å². The number of nitrogens with one attached hydrogen (secondary N) is 1. The molecule has 0 saturated heterocycles. The minimum atomic E-state index is -0.456. The van der Waals surface area contributed by atoms with Gasteiger partial charge in [0.25, 0.3) is 0 Å². The van der Waals surface area contributed by atoms with Crippen LogP contribution in [0, 0.1) is 11.8 Å². The Balaban J connectivity index is 1.69. The molecule has 1 aliphatic rings. The Labute approximate surface area is 158 Å². The lowest BCUT2D eigenvalue weighted by Crippen LogP contribution is -2.42. The predicted octanol–water partition coefficient (Wildman–Crippen LogP) is 4.97. The highest BCUT2D eigenvalue weighted by molar-refractivity contribution is 6.30. The molecule has 4 heteroatoms. The van der Waals surface area contributed by atoms with Crippen LogP contribution in [-0.4, -0.2) is 12.5 Å². The predicted molar refractivity (Wildman–Crippen MR) is 103 cm³/mol. The van der Waals surface area contributed by atoms with Crippen LogP contribution in [0.15, 0.2) is 48.5 Å². The molecule has 1 saturated carbocycles. The van der Waals surface area contributed by atoms with Crippen molar-refractivity contribution < 1.29 is 4.79 Å². The maximum Gasteiger partial charge on any atom is 0.231 e. The van der Waals surface area contributed by atoms with Crippen LogP contribution in [0.3, 0.4) is 0 Å². The summed E-state index contributed by atoms with van der Waals surface area (Å²) in [5.74, 6) is 6.07. The first-order valence-electron chi connectivity index (χ1n) is 8.39. The summed E-state index contributed by atoms with van der Waals surface area (Å²) in [5.41, 5.74) is 1.42. The number of carbonyl (C=O) groups is 1. The summed E-state index contributed by atoms with van der Waals surface area (Å²) in [7, 11) is 0. The molecule has 1 fully saturated rings. The lowest BCUT2D eigenvalue weighted by Gasteiger charge is -2.28. The lowest BCUT2D eigenvalue weighted by atomic mass is 9.78. The zero-order valence-corrected chi connectivity index (χ0v) is 15.3. The van der Waals surface area contributed by atoms with E-state index in [1.807, 2.05) is 48.5 Å². The van der Waals surface area contributed by atoms with Gasteiger partial charge < -0.3 is 5.32 Å². The van der Waals surface area contributed by atoms with Gasteiger partial charge in [0.05, 0.1) is 12.0 Å². The van der Waals surface area contributed by atoms with Crippen molar-refractivity contribution in [3.63, 3.8) is 0 Å². The molecule has 0 aromatic heterocycles. The molecule has 3 rings (SSSR count). The van der Waals surface area contributed by atoms with E-state index in [2.05, 4.69) is 17.2 Å². The van der Waals surface area contributed by atoms with E-state index < -0.39 is 5.41 Å². The standard InChI is InChI=1S/C21H19Cl2NO/c22-18-10-8-17(9-11-18)21(12-1-2-13-21)20(25)24-14-4-6-16-5-3-7-19(23)15-16/h3,5,7-11,15H,1-2,12-14H2,(H,24,25). The fraction of sp³-hybridized carbons (Fsp3) is 0.286. The summed E-state index contributed by atoms with van der Waals surface area (Å²) in [5, 5.41) is 4.33. The molecule has 2 aromatic rings. The van der Waals surface area contributed by atoms with Crippen LogP contribution in [0.5, 0.6) is 0 Å². The van der Waals surface area contributed by atoms with E-state index >= 15 is 0 Å². The number of hydrogen-bond acceptors (Lipinski definition) is 1. The Morgan fingerprint density at radius 1 is 1.04 bits per heavy atom. The minimum absolute atomic E-state index is 0.0488. The summed E-state index contributed by atoms with van der Waals surface area (Å²) in [4.78, 5) is 12.9. The first-order valence-corrected chi connectivity index (χ1v) is 9.14. The van der Waals surface area contributed by atoms with E-state index in [1.165, 1.54) is 0 Å². The van der Waals surface area contributed by atoms with Crippen molar-refractivity contribution in [2.24, 2.45) is 0 Å². The van der Waals surface area contributed by atoms with E-state index in [1.54, 1.807) is 0 Å². The zero-order valence-electron chi connectivity index (χ0n) is 13.8. The fourth-order valence-electron chi connectivity index (χ4n) is 3.40. The number of benzene rings is 2. The molecule has 2 nitrogen and oxygen atoms in total. The highest BCUT2D eigenvalue weighted by Gasteiger charge is 2.42. The molecule has 0 unspecified atom stereocenters. The highest BCUT2D eigenvalue weighted by Crippen LogP contribution is 2.41. The van der Waals surface area contributed by atoms with Crippen LogP contribution in [0.2, 0.25) is 10.0 Å². The van der Waals surface area contributed by atoms with Crippen LogP contribution < -0.4 is 5.32 Å². The maximum atomic E-state index is 12.9. The molecule has 0 bridgehead atoms. The van der Waals surface area contributed by atoms with Gasteiger partial charge in [-0.2, -0.15) is 0 Å². The molecule has 25 heavy (non-hydrogen) atoms. The van der Waals surface area contributed by atoms with Crippen LogP contribution in [0.25, 0.3) is 0 Å². The van der Waals surface area contributed by atoms with E-state index in [0.717, 1.165) is 36.8 Å². The van der Waals surface area contributed by atoms with E-state index in [9.17, 15) is 4.79 Å². The summed E-state index contributed by atoms with van der Waals surface area (Å²) in [6.07, 6.45) is 3.85. The molecule has 0 spiro atoms. The van der Waals surface area contributed by atoms with Gasteiger partial charge >= 0.3 is 0 Å². The molecular weight excluding hydrogens is 353 g/mol. The maximum absolute atomic E-state index is 12.9. The van der Waals surface area contributed by atoms with Crippen LogP contribution in [0.4, 0.5) is 0 Å². The largest absolute Gasteiger partial charge is 0.344 e. The Bertz CT molecular complexity index is 812. The summed E-state index contributed by atoms with van der Waals surface area (Å²) in [6, 6.07) is 15.0. The fourth-order valence-corrected chi connectivity index (χ4v) is 3.72. The molecule has 1 N–H and O–H groups in total. The Kier molecular flexibility index (Phi) is 5.68. The number of amides is 1. The average Bonchev–Trinajstić information content (AvgIpc) is 3.10. The van der Waals surface area contributed by atoms with Crippen LogP contribution in [-0.2, 0) is 10.2 Å². The van der Waals surface area contributed by atoms with Crippen molar-refractivity contribution in [2.45, 2.75) is 31.1 Å². The number of hydrogen-bond donors (Lipinski definition) is 1. The van der Waals surface area contributed by atoms with E-state index in [0.29, 0.717) is 16.6 Å². The van der Waals surface area contributed by atoms with Crippen molar-refractivity contribution in [3.05, 3.63) is 69.7 Å². The minimum Gasteiger partial charge on any atom is -0.344 e. The van der Waals surface area contributed by atoms with Gasteiger partial charge in [-0.1, -0.05) is 66.1 Å². The van der Waals surface area contributed by atoms with Gasteiger partial charge in [-0.25, -0.2) is 0 Å². The second-order valence-electron chi connectivity index (χ2n) is 6.29. The quantitative estimate of drug-likeness (QED) is 0.757. The van der Waals surface area contributed by atoms with Gasteiger partial charge in [-0.05, 0) is 48.7 Å². The molecule has 0 aliphatic heterocycles. The third-order valence-electron chi connectivity index (χ3n) is 4.68. The van der Waals surface area contributed by atoms with Gasteiger partial charge in [0.15, 0.2) is 0 Å². The first kappa shape index (κ1) is 17.9. The Hall–Kier alpha value is -1.95. The average molecular weight is 372 g/mol. The van der Waals surface area contributed by atoms with Gasteiger partial charge in [0.2, 0.25) is 5.91 Å². The lowest BCUT2D eigenvalue weighted by molar-refractivity contribution is -0.126. The number of halogens is 2. The molecule has 0 atom stereocenters. The van der Waals surface area contributed by atoms with Gasteiger partial charge in [-0.15, -0.1) is 0 Å². The van der Waals surface area contributed by atoms with Crippen molar-refractivity contribution in [1.29, 1.82) is 0 Å². The molecule has 2 aromatic carbocycles. The molecule has 128 valence electrons. The number of rotatable bonds is 3. The molecule has 0 radical (unpaired) electrons. The number of carbonyl (C=O) groups excluding carboxylic acids is 1. The van der Waals surface area contributed by atoms with Gasteiger partial charge in [0, 0.05) is 15.6 Å². The van der Waals surface area contributed by atoms with Crippen molar-refractivity contribution in [1.82, 2.24) is 5.32 Å². The third-order valence-corrected chi connectivity index (χ3v) is 5.17. The molecule has 0 heterocycles. The second kappa shape index (κ2) is 7.95. The molecule has 1 aliphatic carbocycles. The Morgan fingerprint density at radius 3 is 2.44 bits per heavy atom. The Morgan fingerprint density at radius 2 is 1.76 bits per heavy atom. The SMILES string of the molecule is O=C(NCC#Cc1cccc(Cl)c1)C1(c2ccc(Cl)cc2)CCCC1. The van der Waals surface area contributed by atoms with E-state index in [-0.39, 0.29) is 5.91 Å². The van der Waals surface area contributed by atoms with Gasteiger partial charge in [0.1, 0.15) is 0 Å². The second-order valence-corrected chi connectivity index (χ2v) is 7.16. The van der Waals surface area contributed by atoms with Crippen molar-refractivity contribution in [2.75, 3.05) is 6.54 Å². The van der Waals surface area contributed by atoms with Crippen LogP contribution in [0.1, 0.15) is 36.8 Å². The summed E-state index contributed by atoms with van der Waals surface area (Å²) in [6.45, 7) is 0.320. The van der Waals surface area contributed by atoms with Crippen molar-refractivity contribution >= 4 is 29.1 Å². The van der Waals surface area contributed by atoms with Gasteiger partial charge in [-0.3, -0.25) is 4.79 Å². The summed E-state index contributed by atoms with van der Waals surface area (Å²) < 4.78 is 0. The monoisotopic (exact) mass is 371 g/mol. The first-order chi connectivity index (χ1) is 12.1. The molecule has 1 amide bonds.